The summed E-state index contributed by atoms with van der Waals surface area (Å²) in [7, 11) is 0. The predicted octanol–water partition coefficient (Wildman–Crippen LogP) is 2.00. The molecule has 1 atom stereocenters. The van der Waals surface area contributed by atoms with Gasteiger partial charge in [-0.05, 0) is 25.3 Å². The van der Waals surface area contributed by atoms with Gasteiger partial charge in [-0.3, -0.25) is 9.36 Å². The summed E-state index contributed by atoms with van der Waals surface area (Å²) >= 11 is -1.32. The Bertz CT molecular complexity index is 978. The average molecular weight is 359 g/mol. The van der Waals surface area contributed by atoms with Crippen LogP contribution < -0.4 is 5.56 Å². The number of hydrogen-bond acceptors (Lipinski definition) is 7. The molecule has 0 saturated heterocycles. The van der Waals surface area contributed by atoms with E-state index in [0.717, 1.165) is 31.1 Å². The molecule has 1 saturated carbocycles. The van der Waals surface area contributed by atoms with E-state index < -0.39 is 11.2 Å². The third-order valence-corrected chi connectivity index (χ3v) is 5.43. The van der Waals surface area contributed by atoms with E-state index in [9.17, 15) is 9.35 Å². The highest BCUT2D eigenvalue weighted by Gasteiger charge is 2.27. The summed E-state index contributed by atoms with van der Waals surface area (Å²) in [6.45, 7) is 1.82. The highest BCUT2D eigenvalue weighted by molar-refractivity contribution is 7.90. The second-order valence-electron chi connectivity index (χ2n) is 6.21. The van der Waals surface area contributed by atoms with Gasteiger partial charge in [0.05, 0.1) is 5.56 Å². The molecule has 0 radical (unpaired) electrons. The lowest BCUT2D eigenvalue weighted by Gasteiger charge is -2.19. The molecule has 4 rings (SSSR count). The maximum Gasteiger partial charge on any atom is 0.344 e. The summed E-state index contributed by atoms with van der Waals surface area (Å²) < 4.78 is 18.3. The number of rotatable bonds is 3. The normalized spacial score (nSPS) is 16.6. The second kappa shape index (κ2) is 6.23. The highest BCUT2D eigenvalue weighted by Crippen LogP contribution is 2.33. The molecular formula is C16H17N5O3S. The first-order chi connectivity index (χ1) is 12.1. The second-order valence-corrected chi connectivity index (χ2v) is 7.49. The number of fused-ring (bicyclic) bond motifs is 1. The lowest BCUT2D eigenvalue weighted by atomic mass is 10.1. The lowest BCUT2D eigenvalue weighted by Crippen LogP contribution is -2.28. The van der Waals surface area contributed by atoms with Crippen LogP contribution in [0, 0.1) is 6.92 Å². The van der Waals surface area contributed by atoms with Crippen LogP contribution in [0.3, 0.4) is 0 Å². The van der Waals surface area contributed by atoms with Gasteiger partial charge in [0.1, 0.15) is 6.26 Å². The Hall–Kier alpha value is -2.26. The van der Waals surface area contributed by atoms with Crippen molar-refractivity contribution >= 4 is 22.2 Å². The summed E-state index contributed by atoms with van der Waals surface area (Å²) in [6.07, 6.45) is 8.33. The van der Waals surface area contributed by atoms with Crippen molar-refractivity contribution in [3.63, 3.8) is 0 Å². The van der Waals surface area contributed by atoms with Gasteiger partial charge in [0.2, 0.25) is 12.2 Å². The van der Waals surface area contributed by atoms with E-state index in [1.54, 1.807) is 10.8 Å². The van der Waals surface area contributed by atoms with Gasteiger partial charge in [-0.15, -0.1) is 0 Å². The molecule has 0 N–H and O–H groups in total. The molecule has 0 amide bonds. The van der Waals surface area contributed by atoms with E-state index >= 15 is 0 Å². The van der Waals surface area contributed by atoms with E-state index in [2.05, 4.69) is 20.1 Å². The molecule has 25 heavy (non-hydrogen) atoms. The molecule has 130 valence electrons. The minimum Gasteiger partial charge on any atom is -0.609 e. The van der Waals surface area contributed by atoms with Gasteiger partial charge in [0.15, 0.2) is 5.65 Å². The molecule has 1 aliphatic rings. The number of aryl methyl sites for hydroxylation is 1. The minimum absolute atomic E-state index is 0.0642. The number of hydrogen-bond donors (Lipinski definition) is 0. The first kappa shape index (κ1) is 16.2. The summed E-state index contributed by atoms with van der Waals surface area (Å²) in [5.74, 6) is 0.263. The van der Waals surface area contributed by atoms with E-state index in [-0.39, 0.29) is 22.6 Å². The maximum absolute atomic E-state index is 13.3. The molecule has 8 nitrogen and oxygen atoms in total. The summed E-state index contributed by atoms with van der Waals surface area (Å²) in [4.78, 5) is 26.0. The van der Waals surface area contributed by atoms with Crippen LogP contribution in [0.25, 0.3) is 22.4 Å². The standard InChI is InChI=1S/C16H17N5O3S/c1-9-11-7-17-16(25(2)23)19-14(11)21(10-5-3-4-6-10)15(22)12(9)13-18-8-24-20-13/h7-8,10H,3-6H2,1-2H3. The number of aromatic nitrogens is 5. The molecule has 9 heteroatoms. The third-order valence-electron chi connectivity index (χ3n) is 4.72. The van der Waals surface area contributed by atoms with Crippen LogP contribution >= 0.6 is 0 Å². The summed E-state index contributed by atoms with van der Waals surface area (Å²) in [5.41, 5.74) is 1.44. The Kier molecular flexibility index (Phi) is 4.04. The third kappa shape index (κ3) is 2.63. The minimum atomic E-state index is -1.32. The highest BCUT2D eigenvalue weighted by atomic mass is 32.2. The molecule has 3 heterocycles. The molecule has 0 spiro atoms. The van der Waals surface area contributed by atoms with Gasteiger partial charge in [-0.1, -0.05) is 18.0 Å². The first-order valence-corrected chi connectivity index (χ1v) is 9.65. The lowest BCUT2D eigenvalue weighted by molar-refractivity contribution is 0.418. The topological polar surface area (TPSA) is 110 Å². The monoisotopic (exact) mass is 359 g/mol. The fourth-order valence-corrected chi connectivity index (χ4v) is 3.92. The Balaban J connectivity index is 2.09. The van der Waals surface area contributed by atoms with Crippen LogP contribution in [0.5, 0.6) is 0 Å². The van der Waals surface area contributed by atoms with Crippen molar-refractivity contribution in [1.29, 1.82) is 0 Å². The fraction of sp³-hybridized carbons (Fsp3) is 0.438. The van der Waals surface area contributed by atoms with Crippen molar-refractivity contribution in [1.82, 2.24) is 24.7 Å². The summed E-state index contributed by atoms with van der Waals surface area (Å²) in [5, 5.41) is 4.80. The van der Waals surface area contributed by atoms with Gasteiger partial charge in [-0.25, -0.2) is 0 Å². The molecule has 1 fully saturated rings. The average Bonchev–Trinajstić information content (AvgIpc) is 3.28. The van der Waals surface area contributed by atoms with Gasteiger partial charge in [0, 0.05) is 28.8 Å². The summed E-state index contributed by atoms with van der Waals surface area (Å²) in [6, 6.07) is 0.0642. The zero-order valence-corrected chi connectivity index (χ0v) is 14.7. The van der Waals surface area contributed by atoms with Crippen molar-refractivity contribution in [3.8, 4) is 11.4 Å². The SMILES string of the molecule is Cc1c(-c2ncon2)c(=O)n(C2CCCC2)c2nc([S+](C)[O-])ncc12. The first-order valence-electron chi connectivity index (χ1n) is 8.10. The quantitative estimate of drug-likeness (QED) is 0.519. The number of pyridine rings is 1. The molecule has 0 aromatic carbocycles. The Morgan fingerprint density at radius 1 is 1.32 bits per heavy atom. The molecule has 1 aliphatic carbocycles. The fourth-order valence-electron chi connectivity index (χ4n) is 3.50. The Morgan fingerprint density at radius 3 is 2.72 bits per heavy atom. The largest absolute Gasteiger partial charge is 0.609 e. The molecule has 0 bridgehead atoms. The van der Waals surface area contributed by atoms with E-state index in [1.807, 2.05) is 6.92 Å². The maximum atomic E-state index is 13.3. The zero-order chi connectivity index (χ0) is 17.6. The van der Waals surface area contributed by atoms with Crippen molar-refractivity contribution in [2.24, 2.45) is 0 Å². The van der Waals surface area contributed by atoms with Crippen LogP contribution in [0.2, 0.25) is 0 Å². The van der Waals surface area contributed by atoms with Gasteiger partial charge < -0.3 is 9.08 Å². The zero-order valence-electron chi connectivity index (χ0n) is 13.9. The molecular weight excluding hydrogens is 342 g/mol. The predicted molar refractivity (Wildman–Crippen MR) is 91.7 cm³/mol. The van der Waals surface area contributed by atoms with Crippen LogP contribution in [0.4, 0.5) is 0 Å². The van der Waals surface area contributed by atoms with E-state index in [1.165, 1.54) is 12.6 Å². The van der Waals surface area contributed by atoms with Crippen LogP contribution in [-0.2, 0) is 11.2 Å². The molecule has 0 aliphatic heterocycles. The Labute approximate surface area is 146 Å². The van der Waals surface area contributed by atoms with E-state index in [0.29, 0.717) is 16.8 Å². The van der Waals surface area contributed by atoms with Crippen molar-refractivity contribution in [2.45, 2.75) is 43.8 Å². The molecule has 3 aromatic rings. The molecule has 1 unspecified atom stereocenters. The van der Waals surface area contributed by atoms with Crippen molar-refractivity contribution < 1.29 is 9.08 Å². The number of nitrogens with zero attached hydrogens (tertiary/aromatic N) is 5. The smallest absolute Gasteiger partial charge is 0.344 e. The molecule has 3 aromatic heterocycles. The van der Waals surface area contributed by atoms with Gasteiger partial charge in [0.25, 0.3) is 5.56 Å². The van der Waals surface area contributed by atoms with Crippen LogP contribution in [0.1, 0.15) is 37.3 Å². The Morgan fingerprint density at radius 2 is 2.08 bits per heavy atom. The van der Waals surface area contributed by atoms with Gasteiger partial charge in [-0.2, -0.15) is 15.0 Å². The van der Waals surface area contributed by atoms with E-state index in [4.69, 9.17) is 4.52 Å². The van der Waals surface area contributed by atoms with Crippen molar-refractivity contribution in [2.75, 3.05) is 6.26 Å². The van der Waals surface area contributed by atoms with Gasteiger partial charge >= 0.3 is 5.16 Å². The van der Waals surface area contributed by atoms with Crippen molar-refractivity contribution in [3.05, 3.63) is 28.5 Å². The van der Waals surface area contributed by atoms with Crippen LogP contribution in [0.15, 0.2) is 27.1 Å². The van der Waals surface area contributed by atoms with Crippen LogP contribution in [-0.4, -0.2) is 35.5 Å².